The Morgan fingerprint density at radius 3 is 2.74 bits per heavy atom. The summed E-state index contributed by atoms with van der Waals surface area (Å²) >= 11 is 3.36. The van der Waals surface area contributed by atoms with Crippen LogP contribution < -0.4 is 11.1 Å². The summed E-state index contributed by atoms with van der Waals surface area (Å²) in [4.78, 5) is 11.7. The molecule has 1 atom stereocenters. The van der Waals surface area contributed by atoms with E-state index in [4.69, 9.17) is 5.73 Å². The topological polar surface area (TPSA) is 92.5 Å². The molecule has 0 bridgehead atoms. The number of benzene rings is 1. The van der Waals surface area contributed by atoms with Gasteiger partial charge in [0.15, 0.2) is 0 Å². The van der Waals surface area contributed by atoms with Gasteiger partial charge in [0, 0.05) is 35.7 Å². The number of anilines is 1. The van der Waals surface area contributed by atoms with Gasteiger partial charge in [0.2, 0.25) is 15.9 Å². The van der Waals surface area contributed by atoms with Gasteiger partial charge >= 0.3 is 0 Å². The number of hydrogen-bond donors (Lipinski definition) is 2. The average molecular weight is 425 g/mol. The molecule has 0 saturated carbocycles. The number of piperidine rings is 1. The minimum Gasteiger partial charge on any atom is -0.327 e. The van der Waals surface area contributed by atoms with Gasteiger partial charge in [0.1, 0.15) is 0 Å². The van der Waals surface area contributed by atoms with Crippen LogP contribution in [0.4, 0.5) is 5.69 Å². The molecule has 1 saturated heterocycles. The second kappa shape index (κ2) is 7.06. The predicted octanol–water partition coefficient (Wildman–Crippen LogP) is 1.87. The Morgan fingerprint density at radius 2 is 2.04 bits per heavy atom. The molecule has 0 radical (unpaired) electrons. The lowest BCUT2D eigenvalue weighted by Crippen LogP contribution is -2.45. The van der Waals surface area contributed by atoms with E-state index >= 15 is 0 Å². The number of nitrogens with two attached hydrogens (primary N) is 1. The first kappa shape index (κ1) is 18.7. The van der Waals surface area contributed by atoms with Crippen LogP contribution in [0.15, 0.2) is 21.5 Å². The molecule has 1 unspecified atom stereocenters. The van der Waals surface area contributed by atoms with Crippen molar-refractivity contribution < 1.29 is 13.2 Å². The molecule has 1 aromatic carbocycles. The van der Waals surface area contributed by atoms with Crippen LogP contribution in [0.5, 0.6) is 0 Å². The van der Waals surface area contributed by atoms with E-state index < -0.39 is 10.0 Å². The highest BCUT2D eigenvalue weighted by molar-refractivity contribution is 9.10. The van der Waals surface area contributed by atoms with Crippen molar-refractivity contribution in [2.24, 2.45) is 5.73 Å². The monoisotopic (exact) mass is 423 g/mol. The molecule has 23 heavy (non-hydrogen) atoms. The Morgan fingerprint density at radius 1 is 1.30 bits per heavy atom. The normalized spacial score (nSPS) is 22.0. The number of halogens is 2. The molecule has 9 heteroatoms. The Bertz CT molecular complexity index is 726. The fourth-order valence-corrected chi connectivity index (χ4v) is 5.52. The molecule has 2 aliphatic heterocycles. The van der Waals surface area contributed by atoms with Crippen LogP contribution in [0.25, 0.3) is 0 Å². The molecule has 1 fully saturated rings. The third-order valence-corrected chi connectivity index (χ3v) is 6.92. The standard InChI is InChI=1S/C14H18BrN3O3S.ClH/c15-11-6-9-3-4-14(19)17-12(9)7-13(11)22(20,21)18-5-1-2-10(16)8-18;/h6-7,10H,1-5,8,16H2,(H,17,19);1H. The van der Waals surface area contributed by atoms with Crippen LogP contribution >= 0.6 is 28.3 Å². The molecule has 2 aliphatic rings. The molecular weight excluding hydrogens is 406 g/mol. The van der Waals surface area contributed by atoms with Crippen molar-refractivity contribution in [2.75, 3.05) is 18.4 Å². The molecule has 3 rings (SSSR count). The van der Waals surface area contributed by atoms with Crippen LogP contribution in [0.1, 0.15) is 24.8 Å². The van der Waals surface area contributed by atoms with Crippen LogP contribution in [0, 0.1) is 0 Å². The summed E-state index contributed by atoms with van der Waals surface area (Å²) in [5, 5.41) is 2.74. The fourth-order valence-electron chi connectivity index (χ4n) is 2.91. The van der Waals surface area contributed by atoms with Gasteiger partial charge in [-0.2, -0.15) is 4.31 Å². The second-order valence-electron chi connectivity index (χ2n) is 5.75. The molecule has 0 spiro atoms. The Balaban J connectivity index is 0.00000192. The number of rotatable bonds is 2. The minimum atomic E-state index is -3.62. The highest BCUT2D eigenvalue weighted by Crippen LogP contribution is 2.34. The lowest BCUT2D eigenvalue weighted by Gasteiger charge is -2.30. The minimum absolute atomic E-state index is 0. The summed E-state index contributed by atoms with van der Waals surface area (Å²) in [6.07, 6.45) is 2.65. The first-order chi connectivity index (χ1) is 10.4. The van der Waals surface area contributed by atoms with Crippen LogP contribution in [0.3, 0.4) is 0 Å². The summed E-state index contributed by atoms with van der Waals surface area (Å²) < 4.78 is 27.7. The summed E-state index contributed by atoms with van der Waals surface area (Å²) in [5.41, 5.74) is 7.42. The van der Waals surface area contributed by atoms with Crippen molar-refractivity contribution in [2.45, 2.75) is 36.6 Å². The average Bonchev–Trinajstić information content (AvgIpc) is 2.47. The van der Waals surface area contributed by atoms with Gasteiger partial charge in [-0.1, -0.05) is 0 Å². The van der Waals surface area contributed by atoms with Gasteiger partial charge in [-0.05, 0) is 52.9 Å². The molecule has 2 heterocycles. The smallest absolute Gasteiger partial charge is 0.244 e. The lowest BCUT2D eigenvalue weighted by atomic mass is 10.0. The maximum absolute atomic E-state index is 12.8. The summed E-state index contributed by atoms with van der Waals surface area (Å²) in [7, 11) is -3.62. The van der Waals surface area contributed by atoms with Gasteiger partial charge in [-0.3, -0.25) is 4.79 Å². The number of amides is 1. The van der Waals surface area contributed by atoms with Crippen molar-refractivity contribution in [3.63, 3.8) is 0 Å². The van der Waals surface area contributed by atoms with Crippen LogP contribution in [-0.2, 0) is 21.2 Å². The number of sulfonamides is 1. The third-order valence-electron chi connectivity index (χ3n) is 4.09. The summed E-state index contributed by atoms with van der Waals surface area (Å²) in [6, 6.07) is 3.21. The number of carbonyl (C=O) groups excluding carboxylic acids is 1. The molecule has 0 aliphatic carbocycles. The zero-order valence-corrected chi connectivity index (χ0v) is 15.6. The Labute approximate surface area is 150 Å². The van der Waals surface area contributed by atoms with Crippen molar-refractivity contribution in [1.29, 1.82) is 0 Å². The molecule has 128 valence electrons. The van der Waals surface area contributed by atoms with Gasteiger partial charge in [0.25, 0.3) is 0 Å². The molecule has 3 N–H and O–H groups in total. The van der Waals surface area contributed by atoms with Gasteiger partial charge in [-0.15, -0.1) is 12.4 Å². The van der Waals surface area contributed by atoms with Crippen LogP contribution in [0.2, 0.25) is 0 Å². The zero-order valence-electron chi connectivity index (χ0n) is 12.4. The summed E-state index contributed by atoms with van der Waals surface area (Å²) in [5.74, 6) is -0.0850. The zero-order chi connectivity index (χ0) is 15.9. The van der Waals surface area contributed by atoms with E-state index in [0.29, 0.717) is 36.1 Å². The maximum atomic E-state index is 12.8. The van der Waals surface area contributed by atoms with Crippen LogP contribution in [-0.4, -0.2) is 37.8 Å². The van der Waals surface area contributed by atoms with E-state index in [1.807, 2.05) is 0 Å². The van der Waals surface area contributed by atoms with E-state index in [0.717, 1.165) is 18.4 Å². The molecule has 6 nitrogen and oxygen atoms in total. The highest BCUT2D eigenvalue weighted by Gasteiger charge is 2.31. The van der Waals surface area contributed by atoms with E-state index in [1.54, 1.807) is 12.1 Å². The van der Waals surface area contributed by atoms with E-state index in [-0.39, 0.29) is 29.3 Å². The number of fused-ring (bicyclic) bond motifs is 1. The predicted molar refractivity (Wildman–Crippen MR) is 94.3 cm³/mol. The lowest BCUT2D eigenvalue weighted by molar-refractivity contribution is -0.116. The first-order valence-corrected chi connectivity index (χ1v) is 9.49. The number of hydrogen-bond acceptors (Lipinski definition) is 4. The van der Waals surface area contributed by atoms with Crippen molar-refractivity contribution in [3.8, 4) is 0 Å². The fraction of sp³-hybridized carbons (Fsp3) is 0.500. The SMILES string of the molecule is Cl.NC1CCCN(S(=O)(=O)c2cc3c(cc2Br)CCC(=O)N3)C1. The Hall–Kier alpha value is -0.670. The molecular formula is C14H19BrClN3O3S. The molecule has 0 aromatic heterocycles. The van der Waals surface area contributed by atoms with Crippen molar-refractivity contribution >= 4 is 50.0 Å². The molecule has 1 amide bonds. The van der Waals surface area contributed by atoms with Crippen molar-refractivity contribution in [1.82, 2.24) is 4.31 Å². The first-order valence-electron chi connectivity index (χ1n) is 7.26. The van der Waals surface area contributed by atoms with Gasteiger partial charge in [0.05, 0.1) is 4.90 Å². The third kappa shape index (κ3) is 3.71. The number of carbonyl (C=O) groups is 1. The molecule has 1 aromatic rings. The van der Waals surface area contributed by atoms with E-state index in [2.05, 4.69) is 21.2 Å². The quantitative estimate of drug-likeness (QED) is 0.758. The summed E-state index contributed by atoms with van der Waals surface area (Å²) in [6.45, 7) is 0.810. The largest absolute Gasteiger partial charge is 0.327 e. The maximum Gasteiger partial charge on any atom is 0.244 e. The van der Waals surface area contributed by atoms with Crippen molar-refractivity contribution in [3.05, 3.63) is 22.2 Å². The highest BCUT2D eigenvalue weighted by atomic mass is 79.9. The van der Waals surface area contributed by atoms with E-state index in [9.17, 15) is 13.2 Å². The van der Waals surface area contributed by atoms with Gasteiger partial charge in [-0.25, -0.2) is 8.42 Å². The van der Waals surface area contributed by atoms with E-state index in [1.165, 1.54) is 4.31 Å². The Kier molecular flexibility index (Phi) is 5.73. The van der Waals surface area contributed by atoms with Gasteiger partial charge < -0.3 is 11.1 Å². The number of nitrogens with zero attached hydrogens (tertiary/aromatic N) is 1. The number of nitrogens with one attached hydrogen (secondary N) is 1. The number of aryl methyl sites for hydroxylation is 1. The second-order valence-corrected chi connectivity index (χ2v) is 8.51.